The summed E-state index contributed by atoms with van der Waals surface area (Å²) in [5.41, 5.74) is 4.47. The molecule has 3 aliphatic heterocycles. The fourth-order valence-corrected chi connectivity index (χ4v) is 4.46. The first-order chi connectivity index (χ1) is 16.3. The molecule has 0 spiro atoms. The van der Waals surface area contributed by atoms with E-state index in [1.165, 1.54) is 0 Å². The summed E-state index contributed by atoms with van der Waals surface area (Å²) in [7, 11) is 0. The molecular formula is C26H18Br2N4O2. The number of benzene rings is 2. The molecule has 0 fully saturated rings. The Kier molecular flexibility index (Phi) is 5.79. The van der Waals surface area contributed by atoms with Crippen LogP contribution >= 0.6 is 31.9 Å². The van der Waals surface area contributed by atoms with Crippen molar-refractivity contribution in [3.05, 3.63) is 115 Å². The van der Waals surface area contributed by atoms with Crippen LogP contribution in [0, 0.1) is 0 Å². The van der Waals surface area contributed by atoms with Gasteiger partial charge < -0.3 is 0 Å². The average Bonchev–Trinajstić information content (AvgIpc) is 2.82. The van der Waals surface area contributed by atoms with Gasteiger partial charge in [0.1, 0.15) is 24.1 Å². The number of carbonyl (C=O) groups is 2. The lowest BCUT2D eigenvalue weighted by Crippen LogP contribution is -2.42. The van der Waals surface area contributed by atoms with Gasteiger partial charge in [-0.3, -0.25) is 19.4 Å². The number of nitrogens with zero attached hydrogens (tertiary/aromatic N) is 4. The molecule has 0 bridgehead atoms. The van der Waals surface area contributed by atoms with Crippen LogP contribution < -0.4 is 0 Å². The number of aliphatic imine (C=N–C) groups is 2. The molecule has 6 nitrogen and oxygen atoms in total. The molecule has 0 aromatic heterocycles. The summed E-state index contributed by atoms with van der Waals surface area (Å²) in [6.07, 6.45) is 6.84. The van der Waals surface area contributed by atoms with Crippen molar-refractivity contribution >= 4 is 56.1 Å². The largest absolute Gasteiger partial charge is 0.293 e. The molecule has 0 N–H and O–H groups in total. The molecule has 0 radical (unpaired) electrons. The number of hydrogen-bond donors (Lipinski definition) is 0. The minimum absolute atomic E-state index is 0.182. The summed E-state index contributed by atoms with van der Waals surface area (Å²) in [4.78, 5) is 39.8. The van der Waals surface area contributed by atoms with Crippen LogP contribution in [0.2, 0.25) is 0 Å². The highest BCUT2D eigenvalue weighted by molar-refractivity contribution is 9.10. The van der Waals surface area contributed by atoms with E-state index in [0.29, 0.717) is 33.9 Å². The van der Waals surface area contributed by atoms with Gasteiger partial charge in [0.2, 0.25) is 11.6 Å². The molecule has 0 amide bonds. The molecule has 0 unspecified atom stereocenters. The van der Waals surface area contributed by atoms with Gasteiger partial charge in [-0.1, -0.05) is 31.9 Å². The number of hydrogen-bond acceptors (Lipinski definition) is 6. The molecule has 168 valence electrons. The van der Waals surface area contributed by atoms with Crippen molar-refractivity contribution in [2.45, 2.75) is 13.8 Å². The summed E-state index contributed by atoms with van der Waals surface area (Å²) in [6.45, 7) is 3.71. The van der Waals surface area contributed by atoms with E-state index in [9.17, 15) is 9.59 Å². The second-order valence-electron chi connectivity index (χ2n) is 7.94. The van der Waals surface area contributed by atoms with E-state index in [1.807, 2.05) is 50.3 Å². The molecule has 0 saturated heterocycles. The summed E-state index contributed by atoms with van der Waals surface area (Å²) in [5, 5.41) is 0. The molecule has 3 heterocycles. The van der Waals surface area contributed by atoms with E-state index in [1.54, 1.807) is 46.7 Å². The van der Waals surface area contributed by atoms with E-state index < -0.39 is 0 Å². The van der Waals surface area contributed by atoms with Gasteiger partial charge in [-0.05, 0) is 74.5 Å². The Labute approximate surface area is 213 Å². The molecule has 0 saturated carbocycles. The van der Waals surface area contributed by atoms with Gasteiger partial charge in [0, 0.05) is 31.5 Å². The number of halogens is 2. The minimum atomic E-state index is -0.182. The third kappa shape index (κ3) is 3.93. The Hall–Kier alpha value is -3.36. The summed E-state index contributed by atoms with van der Waals surface area (Å²) in [5.74, 6) is -0.363. The Balaban J connectivity index is 1.72. The Morgan fingerprint density at radius 1 is 0.647 bits per heavy atom. The molecule has 0 atom stereocenters. The molecule has 2 aromatic carbocycles. The highest BCUT2D eigenvalue weighted by atomic mass is 79.9. The van der Waals surface area contributed by atoms with Crippen molar-refractivity contribution in [1.82, 2.24) is 9.80 Å². The van der Waals surface area contributed by atoms with Gasteiger partial charge in [0.15, 0.2) is 0 Å². The van der Waals surface area contributed by atoms with Crippen molar-refractivity contribution in [3.63, 3.8) is 0 Å². The second-order valence-corrected chi connectivity index (χ2v) is 9.77. The SMILES string of the molecule is CC1=CC2=C(C(=O)c3ccc(Br)cc3)N3C=NC(C)=CC3=C(C(=O)c3ccc(Br)cc3)N2C=N1. The number of Topliss-reactive ketones (excluding diaryl/α,β-unsaturated/α-hetero) is 2. The number of carbonyl (C=O) groups excluding carboxylic acids is 2. The maximum atomic E-state index is 13.8. The Morgan fingerprint density at radius 2 is 1.00 bits per heavy atom. The average molecular weight is 578 g/mol. The van der Waals surface area contributed by atoms with Gasteiger partial charge >= 0.3 is 0 Å². The van der Waals surface area contributed by atoms with Gasteiger partial charge in [-0.2, -0.15) is 0 Å². The van der Waals surface area contributed by atoms with Crippen molar-refractivity contribution in [1.29, 1.82) is 0 Å². The minimum Gasteiger partial charge on any atom is -0.293 e. The number of fused-ring (bicyclic) bond motifs is 2. The third-order valence-corrected chi connectivity index (χ3v) is 6.63. The van der Waals surface area contributed by atoms with Crippen LogP contribution in [-0.4, -0.2) is 34.0 Å². The molecule has 0 aliphatic carbocycles. The molecule has 8 heteroatoms. The lowest BCUT2D eigenvalue weighted by atomic mass is 9.97. The summed E-state index contributed by atoms with van der Waals surface area (Å²) in [6, 6.07) is 14.4. The van der Waals surface area contributed by atoms with E-state index >= 15 is 0 Å². The third-order valence-electron chi connectivity index (χ3n) is 5.57. The lowest BCUT2D eigenvalue weighted by molar-refractivity contribution is 0.0981. The zero-order valence-corrected chi connectivity index (χ0v) is 21.5. The first kappa shape index (κ1) is 22.4. The fraction of sp³-hybridized carbons (Fsp3) is 0.0769. The number of rotatable bonds is 4. The van der Waals surface area contributed by atoms with Gasteiger partial charge in [0.05, 0.1) is 11.4 Å². The molecular weight excluding hydrogens is 560 g/mol. The molecule has 34 heavy (non-hydrogen) atoms. The highest BCUT2D eigenvalue weighted by Gasteiger charge is 2.39. The van der Waals surface area contributed by atoms with Crippen LogP contribution in [0.5, 0.6) is 0 Å². The zero-order chi connectivity index (χ0) is 24.0. The maximum absolute atomic E-state index is 13.8. The van der Waals surface area contributed by atoms with Crippen molar-refractivity contribution in [2.75, 3.05) is 0 Å². The topological polar surface area (TPSA) is 65.3 Å². The van der Waals surface area contributed by atoms with Crippen LogP contribution in [0.3, 0.4) is 0 Å². The first-order valence-electron chi connectivity index (χ1n) is 10.5. The van der Waals surface area contributed by atoms with E-state index in [2.05, 4.69) is 41.8 Å². The van der Waals surface area contributed by atoms with Gasteiger partial charge in [-0.25, -0.2) is 9.98 Å². The lowest BCUT2D eigenvalue weighted by Gasteiger charge is -2.39. The fourth-order valence-electron chi connectivity index (χ4n) is 3.93. The van der Waals surface area contributed by atoms with Crippen molar-refractivity contribution < 1.29 is 9.59 Å². The van der Waals surface area contributed by atoms with Crippen LogP contribution in [0.15, 0.2) is 114 Å². The highest BCUT2D eigenvalue weighted by Crippen LogP contribution is 2.38. The van der Waals surface area contributed by atoms with Gasteiger partial charge in [0.25, 0.3) is 0 Å². The molecule has 5 rings (SSSR count). The number of ketones is 2. The summed E-state index contributed by atoms with van der Waals surface area (Å²) >= 11 is 6.84. The second kappa shape index (κ2) is 8.77. The van der Waals surface area contributed by atoms with Crippen LogP contribution in [0.25, 0.3) is 0 Å². The molecule has 3 aliphatic rings. The van der Waals surface area contributed by atoms with Crippen LogP contribution in [-0.2, 0) is 0 Å². The monoisotopic (exact) mass is 576 g/mol. The summed E-state index contributed by atoms with van der Waals surface area (Å²) < 4.78 is 1.77. The number of allylic oxidation sites excluding steroid dienone is 6. The smallest absolute Gasteiger partial charge is 0.211 e. The Morgan fingerprint density at radius 3 is 1.35 bits per heavy atom. The predicted molar refractivity (Wildman–Crippen MR) is 139 cm³/mol. The Bertz CT molecular complexity index is 1300. The van der Waals surface area contributed by atoms with Crippen molar-refractivity contribution in [3.8, 4) is 0 Å². The maximum Gasteiger partial charge on any atom is 0.211 e. The first-order valence-corrected chi connectivity index (χ1v) is 12.0. The normalized spacial score (nSPS) is 16.8. The van der Waals surface area contributed by atoms with Crippen LogP contribution in [0.1, 0.15) is 34.6 Å². The van der Waals surface area contributed by atoms with E-state index in [0.717, 1.165) is 20.3 Å². The van der Waals surface area contributed by atoms with Gasteiger partial charge in [-0.15, -0.1) is 0 Å². The van der Waals surface area contributed by atoms with Crippen LogP contribution in [0.4, 0.5) is 0 Å². The standard InChI is InChI=1S/C26H18Br2N4O2/c1-15-11-21-23(25(33)17-3-7-19(27)8-4-17)32-14-30-16(2)12-22(32)24(31(21)13-29-15)26(34)18-5-9-20(28)10-6-18/h3-14H,1-2H3. The van der Waals surface area contributed by atoms with E-state index in [-0.39, 0.29) is 11.6 Å². The predicted octanol–water partition coefficient (Wildman–Crippen LogP) is 6.21. The zero-order valence-electron chi connectivity index (χ0n) is 18.3. The quantitative estimate of drug-likeness (QED) is 0.405. The molecule has 2 aromatic rings. The van der Waals surface area contributed by atoms with Crippen molar-refractivity contribution in [2.24, 2.45) is 9.98 Å². The van der Waals surface area contributed by atoms with E-state index in [4.69, 9.17) is 0 Å².